The highest BCUT2D eigenvalue weighted by molar-refractivity contribution is 6.30. The molecule has 1 spiro atoms. The molecule has 0 atom stereocenters. The summed E-state index contributed by atoms with van der Waals surface area (Å²) in [4.78, 5) is 22.2. The monoisotopic (exact) mass is 628 g/mol. The van der Waals surface area contributed by atoms with Crippen LogP contribution in [0, 0.1) is 5.82 Å². The molecule has 232 valence electrons. The molecule has 2 aliphatic rings. The van der Waals surface area contributed by atoms with Gasteiger partial charge in [-0.1, -0.05) is 37.4 Å². The Morgan fingerprint density at radius 1 is 1.05 bits per heavy atom. The quantitative estimate of drug-likeness (QED) is 0.146. The molecule has 2 aromatic carbocycles. The van der Waals surface area contributed by atoms with Crippen LogP contribution >= 0.6 is 11.6 Å². The molecule has 4 aromatic rings. The van der Waals surface area contributed by atoms with E-state index in [1.807, 2.05) is 13.0 Å². The van der Waals surface area contributed by atoms with E-state index in [0.717, 1.165) is 36.9 Å². The van der Waals surface area contributed by atoms with Crippen LogP contribution in [-0.4, -0.2) is 46.7 Å². The molecule has 0 bridgehead atoms. The van der Waals surface area contributed by atoms with E-state index in [-0.39, 0.29) is 29.3 Å². The van der Waals surface area contributed by atoms with E-state index in [2.05, 4.69) is 19.5 Å². The van der Waals surface area contributed by atoms with E-state index >= 15 is 4.39 Å². The van der Waals surface area contributed by atoms with Crippen molar-refractivity contribution < 1.29 is 27.1 Å². The number of imidazole rings is 1. The van der Waals surface area contributed by atoms with Gasteiger partial charge in [-0.05, 0) is 79.8 Å². The summed E-state index contributed by atoms with van der Waals surface area (Å²) < 4.78 is 59.3. The third-order valence-electron chi connectivity index (χ3n) is 8.81. The molecule has 0 unspecified atom stereocenters. The van der Waals surface area contributed by atoms with Gasteiger partial charge in [-0.3, -0.25) is 9.20 Å². The van der Waals surface area contributed by atoms with Crippen LogP contribution in [-0.2, 0) is 12.8 Å². The van der Waals surface area contributed by atoms with Gasteiger partial charge in [0.15, 0.2) is 5.78 Å². The van der Waals surface area contributed by atoms with E-state index < -0.39 is 6.36 Å². The van der Waals surface area contributed by atoms with E-state index in [1.165, 1.54) is 18.2 Å². The Kier molecular flexibility index (Phi) is 8.22. The van der Waals surface area contributed by atoms with Crippen molar-refractivity contribution in [2.45, 2.75) is 63.8 Å². The Balaban J connectivity index is 1.15. The molecule has 0 N–H and O–H groups in total. The molecule has 0 amide bonds. The summed E-state index contributed by atoms with van der Waals surface area (Å²) in [6.07, 6.45) is 2.06. The van der Waals surface area contributed by atoms with Gasteiger partial charge in [0, 0.05) is 37.9 Å². The number of Topliss-reactive ketones (excluding diaryl/α,β-unsaturated/α-hetero) is 1. The lowest BCUT2D eigenvalue weighted by atomic mass is 9.90. The molecule has 44 heavy (non-hydrogen) atoms. The fraction of sp³-hybridized carbons (Fsp3) is 0.394. The van der Waals surface area contributed by atoms with Crippen LogP contribution in [0.15, 0.2) is 60.8 Å². The third-order valence-corrected chi connectivity index (χ3v) is 9.04. The van der Waals surface area contributed by atoms with Crippen LogP contribution in [0.1, 0.15) is 60.8 Å². The summed E-state index contributed by atoms with van der Waals surface area (Å²) in [6, 6.07) is 14.7. The van der Waals surface area contributed by atoms with Crippen LogP contribution in [0.25, 0.3) is 5.65 Å². The lowest BCUT2D eigenvalue weighted by Gasteiger charge is -2.51. The van der Waals surface area contributed by atoms with Crippen molar-refractivity contribution in [3.8, 4) is 5.75 Å². The SMILES string of the molecule is CCc1nc2ccc(Cl)cn2c1C(=O)CCc1ccc(N2CCN(c3ccc(OC(F)(F)F)cc3)C3(CCCC3)C2)c(F)c1. The lowest BCUT2D eigenvalue weighted by molar-refractivity contribution is -0.274. The van der Waals surface area contributed by atoms with Gasteiger partial charge in [0.05, 0.1) is 21.9 Å². The van der Waals surface area contributed by atoms with E-state index in [4.69, 9.17) is 11.6 Å². The number of carbonyl (C=O) groups is 1. The minimum Gasteiger partial charge on any atom is -0.406 e. The normalized spacial score (nSPS) is 16.7. The first-order valence-corrected chi connectivity index (χ1v) is 15.3. The van der Waals surface area contributed by atoms with Crippen LogP contribution in [0.4, 0.5) is 28.9 Å². The molecule has 0 radical (unpaired) electrons. The highest BCUT2D eigenvalue weighted by atomic mass is 35.5. The molecule has 1 aliphatic carbocycles. The number of pyridine rings is 1. The van der Waals surface area contributed by atoms with Crippen molar-refractivity contribution in [1.82, 2.24) is 9.38 Å². The number of rotatable bonds is 8. The summed E-state index contributed by atoms with van der Waals surface area (Å²) in [6.45, 7) is 3.73. The van der Waals surface area contributed by atoms with Crippen molar-refractivity contribution in [2.24, 2.45) is 0 Å². The summed E-state index contributed by atoms with van der Waals surface area (Å²) >= 11 is 6.17. The number of aryl methyl sites for hydroxylation is 2. The molecular formula is C33H33ClF4N4O2. The highest BCUT2D eigenvalue weighted by Gasteiger charge is 2.44. The van der Waals surface area contributed by atoms with Crippen LogP contribution < -0.4 is 14.5 Å². The number of hydrogen-bond donors (Lipinski definition) is 0. The molecule has 6 rings (SSSR count). The Morgan fingerprint density at radius 3 is 2.48 bits per heavy atom. The lowest BCUT2D eigenvalue weighted by Crippen LogP contribution is -2.61. The predicted molar refractivity (Wildman–Crippen MR) is 163 cm³/mol. The van der Waals surface area contributed by atoms with E-state index in [1.54, 1.807) is 40.9 Å². The van der Waals surface area contributed by atoms with Crippen LogP contribution in [0.5, 0.6) is 5.75 Å². The summed E-state index contributed by atoms with van der Waals surface area (Å²) in [5.41, 5.74) is 3.74. The van der Waals surface area contributed by atoms with E-state index in [9.17, 15) is 18.0 Å². The molecule has 1 saturated heterocycles. The van der Waals surface area contributed by atoms with Gasteiger partial charge in [0.2, 0.25) is 0 Å². The predicted octanol–water partition coefficient (Wildman–Crippen LogP) is 8.04. The Hall–Kier alpha value is -3.79. The minimum atomic E-state index is -4.74. The number of carbonyl (C=O) groups excluding carboxylic acids is 1. The minimum absolute atomic E-state index is 0.0709. The Morgan fingerprint density at radius 2 is 1.80 bits per heavy atom. The van der Waals surface area contributed by atoms with Gasteiger partial charge in [0.1, 0.15) is 22.9 Å². The molecule has 6 nitrogen and oxygen atoms in total. The second-order valence-corrected chi connectivity index (χ2v) is 12.0. The molecule has 2 fully saturated rings. The second kappa shape index (κ2) is 12.0. The number of piperazine rings is 1. The maximum Gasteiger partial charge on any atom is 0.573 e. The average molecular weight is 629 g/mol. The Bertz CT molecular complexity index is 1670. The standard InChI is InChI=1S/C33H33ClF4N4O2/c1-2-27-31(41-20-23(34)7-14-30(41)39-27)29(43)13-6-22-5-12-28(26(35)19-22)40-17-18-42(32(21-40)15-3-4-16-32)24-8-10-25(11-9-24)44-33(36,37)38/h5,7-12,14,19-20H,2-4,6,13,15-18,21H2,1H3. The van der Waals surface area contributed by atoms with Gasteiger partial charge >= 0.3 is 6.36 Å². The van der Waals surface area contributed by atoms with Crippen LogP contribution in [0.2, 0.25) is 5.02 Å². The number of ketones is 1. The third kappa shape index (κ3) is 6.09. The first-order chi connectivity index (χ1) is 21.0. The van der Waals surface area contributed by atoms with Crippen LogP contribution in [0.3, 0.4) is 0 Å². The zero-order valence-corrected chi connectivity index (χ0v) is 25.1. The zero-order chi connectivity index (χ0) is 31.1. The summed E-state index contributed by atoms with van der Waals surface area (Å²) in [7, 11) is 0. The van der Waals surface area contributed by atoms with Gasteiger partial charge in [0.25, 0.3) is 0 Å². The highest BCUT2D eigenvalue weighted by Crippen LogP contribution is 2.42. The van der Waals surface area contributed by atoms with Crippen molar-refractivity contribution in [3.63, 3.8) is 0 Å². The molecule has 1 saturated carbocycles. The van der Waals surface area contributed by atoms with Gasteiger partial charge in [-0.2, -0.15) is 0 Å². The average Bonchev–Trinajstić information content (AvgIpc) is 3.60. The summed E-state index contributed by atoms with van der Waals surface area (Å²) in [5.74, 6) is -0.655. The van der Waals surface area contributed by atoms with Crippen molar-refractivity contribution in [1.29, 1.82) is 0 Å². The number of nitrogens with zero attached hydrogens (tertiary/aromatic N) is 4. The number of alkyl halides is 3. The van der Waals surface area contributed by atoms with Gasteiger partial charge in [-0.25, -0.2) is 9.37 Å². The van der Waals surface area contributed by atoms with Gasteiger partial charge < -0.3 is 14.5 Å². The maximum atomic E-state index is 15.6. The second-order valence-electron chi connectivity index (χ2n) is 11.6. The number of ether oxygens (including phenoxy) is 1. The maximum absolute atomic E-state index is 15.6. The number of hydrogen-bond acceptors (Lipinski definition) is 5. The van der Waals surface area contributed by atoms with Gasteiger partial charge in [-0.15, -0.1) is 13.2 Å². The molecule has 11 heteroatoms. The Labute approximate surface area is 258 Å². The van der Waals surface area contributed by atoms with E-state index in [0.29, 0.717) is 60.2 Å². The fourth-order valence-electron chi connectivity index (χ4n) is 6.82. The summed E-state index contributed by atoms with van der Waals surface area (Å²) in [5, 5.41) is 0.512. The molecule has 2 aromatic heterocycles. The smallest absolute Gasteiger partial charge is 0.406 e. The van der Waals surface area contributed by atoms with Crippen molar-refractivity contribution in [2.75, 3.05) is 29.4 Å². The number of fused-ring (bicyclic) bond motifs is 1. The number of anilines is 2. The van der Waals surface area contributed by atoms with Crippen molar-refractivity contribution in [3.05, 3.63) is 88.6 Å². The zero-order valence-electron chi connectivity index (χ0n) is 24.3. The largest absolute Gasteiger partial charge is 0.573 e. The molecular weight excluding hydrogens is 596 g/mol. The molecule has 3 heterocycles. The number of halogens is 5. The molecule has 1 aliphatic heterocycles. The first kappa shape index (κ1) is 30.2. The number of benzene rings is 2. The topological polar surface area (TPSA) is 50.1 Å². The number of aromatic nitrogens is 2. The first-order valence-electron chi connectivity index (χ1n) is 14.9. The fourth-order valence-corrected chi connectivity index (χ4v) is 6.98. The van der Waals surface area contributed by atoms with Crippen molar-refractivity contribution >= 4 is 34.4 Å².